The average Bonchev–Trinajstić information content (AvgIpc) is 2.64. The van der Waals surface area contributed by atoms with Crippen LogP contribution in [-0.4, -0.2) is 29.6 Å². The van der Waals surface area contributed by atoms with E-state index in [0.29, 0.717) is 6.42 Å². The SMILES string of the molecule is O=C(CNC(=O)Nc1cccc([N+](=O)[O-])c1)N/N=C\Cc1ccccc1. The van der Waals surface area contributed by atoms with Gasteiger partial charge in [-0.2, -0.15) is 5.10 Å². The van der Waals surface area contributed by atoms with Gasteiger partial charge in [-0.1, -0.05) is 36.4 Å². The maximum Gasteiger partial charge on any atom is 0.319 e. The van der Waals surface area contributed by atoms with E-state index in [1.165, 1.54) is 24.3 Å². The zero-order chi connectivity index (χ0) is 18.8. The minimum absolute atomic E-state index is 0.145. The molecule has 0 spiro atoms. The first kappa shape index (κ1) is 18.6. The minimum Gasteiger partial charge on any atom is -0.329 e. The fraction of sp³-hybridized carbons (Fsp3) is 0.118. The average molecular weight is 355 g/mol. The quantitative estimate of drug-likeness (QED) is 0.399. The van der Waals surface area contributed by atoms with E-state index < -0.39 is 16.9 Å². The van der Waals surface area contributed by atoms with E-state index in [4.69, 9.17) is 0 Å². The molecule has 26 heavy (non-hydrogen) atoms. The Morgan fingerprint density at radius 3 is 2.62 bits per heavy atom. The van der Waals surface area contributed by atoms with Crippen molar-refractivity contribution in [2.75, 3.05) is 11.9 Å². The van der Waals surface area contributed by atoms with Crippen LogP contribution >= 0.6 is 0 Å². The number of nitro groups is 1. The highest BCUT2D eigenvalue weighted by molar-refractivity contribution is 5.92. The number of carbonyl (C=O) groups is 2. The van der Waals surface area contributed by atoms with Gasteiger partial charge in [-0.3, -0.25) is 14.9 Å². The molecule has 0 aliphatic heterocycles. The van der Waals surface area contributed by atoms with Gasteiger partial charge in [-0.25, -0.2) is 10.2 Å². The van der Waals surface area contributed by atoms with Crippen molar-refractivity contribution in [3.8, 4) is 0 Å². The van der Waals surface area contributed by atoms with Crippen molar-refractivity contribution in [2.24, 2.45) is 5.10 Å². The van der Waals surface area contributed by atoms with Crippen LogP contribution in [0.1, 0.15) is 5.56 Å². The lowest BCUT2D eigenvalue weighted by molar-refractivity contribution is -0.384. The molecule has 3 N–H and O–H groups in total. The Balaban J connectivity index is 1.70. The molecule has 0 unspecified atom stereocenters. The van der Waals surface area contributed by atoms with E-state index in [0.717, 1.165) is 5.56 Å². The van der Waals surface area contributed by atoms with Gasteiger partial charge in [-0.05, 0) is 11.6 Å². The van der Waals surface area contributed by atoms with Gasteiger partial charge in [0.05, 0.1) is 4.92 Å². The van der Waals surface area contributed by atoms with Crippen molar-refractivity contribution < 1.29 is 14.5 Å². The zero-order valence-electron chi connectivity index (χ0n) is 13.7. The number of hydrazone groups is 1. The van der Waals surface area contributed by atoms with E-state index in [-0.39, 0.29) is 17.9 Å². The smallest absolute Gasteiger partial charge is 0.319 e. The third kappa shape index (κ3) is 6.40. The molecule has 0 saturated carbocycles. The third-order valence-electron chi connectivity index (χ3n) is 3.17. The standard InChI is InChI=1S/C17H17N5O4/c23-16(21-19-10-9-13-5-2-1-3-6-13)12-18-17(24)20-14-7-4-8-15(11-14)22(25)26/h1-8,10-11H,9,12H2,(H,21,23)(H2,18,20,24)/b19-10-. The number of carbonyl (C=O) groups excluding carboxylic acids is 2. The van der Waals surface area contributed by atoms with Crippen LogP contribution in [0.15, 0.2) is 59.7 Å². The van der Waals surface area contributed by atoms with Gasteiger partial charge in [0.2, 0.25) is 0 Å². The highest BCUT2D eigenvalue weighted by Gasteiger charge is 2.08. The lowest BCUT2D eigenvalue weighted by Crippen LogP contribution is -2.37. The van der Waals surface area contributed by atoms with Crippen molar-refractivity contribution in [3.05, 3.63) is 70.3 Å². The van der Waals surface area contributed by atoms with Gasteiger partial charge < -0.3 is 10.6 Å². The van der Waals surface area contributed by atoms with E-state index >= 15 is 0 Å². The molecular formula is C17H17N5O4. The number of rotatable bonds is 7. The molecule has 0 bridgehead atoms. The number of non-ortho nitro benzene ring substituents is 1. The topological polar surface area (TPSA) is 126 Å². The predicted molar refractivity (Wildman–Crippen MR) is 96.9 cm³/mol. The van der Waals surface area contributed by atoms with Crippen LogP contribution in [0.25, 0.3) is 0 Å². The van der Waals surface area contributed by atoms with E-state index in [2.05, 4.69) is 21.2 Å². The maximum absolute atomic E-state index is 11.7. The lowest BCUT2D eigenvalue weighted by atomic mass is 10.2. The van der Waals surface area contributed by atoms with Crippen LogP contribution in [0, 0.1) is 10.1 Å². The number of anilines is 1. The van der Waals surface area contributed by atoms with Crippen molar-refractivity contribution in [3.63, 3.8) is 0 Å². The first-order chi connectivity index (χ1) is 12.5. The molecule has 0 saturated heterocycles. The Morgan fingerprint density at radius 1 is 1.12 bits per heavy atom. The highest BCUT2D eigenvalue weighted by atomic mass is 16.6. The summed E-state index contributed by atoms with van der Waals surface area (Å²) >= 11 is 0. The second-order valence-corrected chi connectivity index (χ2v) is 5.15. The molecule has 2 rings (SSSR count). The Bertz CT molecular complexity index is 808. The van der Waals surface area contributed by atoms with Gasteiger partial charge in [0.15, 0.2) is 0 Å². The summed E-state index contributed by atoms with van der Waals surface area (Å²) in [4.78, 5) is 33.4. The largest absolute Gasteiger partial charge is 0.329 e. The van der Waals surface area contributed by atoms with Crippen LogP contribution in [0.5, 0.6) is 0 Å². The van der Waals surface area contributed by atoms with E-state index in [9.17, 15) is 19.7 Å². The molecule has 0 radical (unpaired) electrons. The molecule has 9 nitrogen and oxygen atoms in total. The Hall–Kier alpha value is -3.75. The number of nitrogens with one attached hydrogen (secondary N) is 3. The zero-order valence-corrected chi connectivity index (χ0v) is 13.7. The molecule has 0 aliphatic rings. The number of hydrogen-bond donors (Lipinski definition) is 3. The highest BCUT2D eigenvalue weighted by Crippen LogP contribution is 2.16. The molecule has 0 aromatic heterocycles. The number of amides is 3. The monoisotopic (exact) mass is 355 g/mol. The first-order valence-electron chi connectivity index (χ1n) is 7.68. The number of benzene rings is 2. The van der Waals surface area contributed by atoms with E-state index in [1.54, 1.807) is 6.21 Å². The molecule has 9 heteroatoms. The van der Waals surface area contributed by atoms with Gasteiger partial charge in [0, 0.05) is 30.5 Å². The molecule has 0 fully saturated rings. The lowest BCUT2D eigenvalue weighted by Gasteiger charge is -2.06. The second kappa shape index (κ2) is 9.52. The molecule has 3 amide bonds. The number of nitrogens with zero attached hydrogens (tertiary/aromatic N) is 2. The molecule has 0 heterocycles. The summed E-state index contributed by atoms with van der Waals surface area (Å²) in [6, 6.07) is 14.4. The summed E-state index contributed by atoms with van der Waals surface area (Å²) in [5.74, 6) is -0.497. The van der Waals surface area contributed by atoms with Gasteiger partial charge in [0.25, 0.3) is 11.6 Å². The summed E-state index contributed by atoms with van der Waals surface area (Å²) < 4.78 is 0. The van der Waals surface area contributed by atoms with Gasteiger partial charge in [-0.15, -0.1) is 0 Å². The Morgan fingerprint density at radius 2 is 1.88 bits per heavy atom. The van der Waals surface area contributed by atoms with Crippen molar-refractivity contribution in [1.29, 1.82) is 0 Å². The number of urea groups is 1. The third-order valence-corrected chi connectivity index (χ3v) is 3.17. The van der Waals surface area contributed by atoms with Crippen molar-refractivity contribution >= 4 is 29.5 Å². The molecule has 2 aromatic carbocycles. The maximum atomic E-state index is 11.7. The fourth-order valence-corrected chi connectivity index (χ4v) is 1.96. The summed E-state index contributed by atoms with van der Waals surface area (Å²) in [6.45, 7) is -0.288. The number of nitro benzene ring substituents is 1. The minimum atomic E-state index is -0.658. The number of hydrogen-bond acceptors (Lipinski definition) is 5. The predicted octanol–water partition coefficient (Wildman–Crippen LogP) is 2.06. The van der Waals surface area contributed by atoms with Crippen LogP contribution in [0.3, 0.4) is 0 Å². The summed E-state index contributed by atoms with van der Waals surface area (Å²) in [7, 11) is 0. The molecule has 0 aliphatic carbocycles. The molecule has 2 aromatic rings. The van der Waals surface area contributed by atoms with E-state index in [1.807, 2.05) is 30.3 Å². The second-order valence-electron chi connectivity index (χ2n) is 5.15. The summed E-state index contributed by atoms with van der Waals surface area (Å²) in [6.07, 6.45) is 2.12. The fourth-order valence-electron chi connectivity index (χ4n) is 1.96. The Labute approximate surface area is 149 Å². The van der Waals surface area contributed by atoms with Crippen LogP contribution in [0.2, 0.25) is 0 Å². The summed E-state index contributed by atoms with van der Waals surface area (Å²) in [5, 5.41) is 19.2. The molecule has 134 valence electrons. The Kier molecular flexibility index (Phi) is 6.81. The van der Waals surface area contributed by atoms with Crippen LogP contribution in [-0.2, 0) is 11.2 Å². The van der Waals surface area contributed by atoms with Crippen molar-refractivity contribution in [2.45, 2.75) is 6.42 Å². The summed E-state index contributed by atoms with van der Waals surface area (Å²) in [5.41, 5.74) is 3.45. The molecular weight excluding hydrogens is 338 g/mol. The van der Waals surface area contributed by atoms with Gasteiger partial charge in [0.1, 0.15) is 6.54 Å². The van der Waals surface area contributed by atoms with Crippen molar-refractivity contribution in [1.82, 2.24) is 10.7 Å². The first-order valence-corrected chi connectivity index (χ1v) is 7.68. The van der Waals surface area contributed by atoms with Crippen LogP contribution < -0.4 is 16.1 Å². The normalized spacial score (nSPS) is 10.3. The van der Waals surface area contributed by atoms with Gasteiger partial charge >= 0.3 is 6.03 Å². The molecule has 0 atom stereocenters. The van der Waals surface area contributed by atoms with Crippen LogP contribution in [0.4, 0.5) is 16.2 Å².